The van der Waals surface area contributed by atoms with Crippen molar-refractivity contribution in [3.63, 3.8) is 0 Å². The molecule has 0 aliphatic carbocycles. The van der Waals surface area contributed by atoms with Gasteiger partial charge >= 0.3 is 0 Å². The van der Waals surface area contributed by atoms with E-state index in [2.05, 4.69) is 9.97 Å². The van der Waals surface area contributed by atoms with Crippen LogP contribution in [0.5, 0.6) is 0 Å². The number of benzene rings is 1. The highest BCUT2D eigenvalue weighted by atomic mass is 32.2. The largest absolute Gasteiger partial charge is 0.369 e. The summed E-state index contributed by atoms with van der Waals surface area (Å²) in [6, 6.07) is 10.3. The molecule has 2 aromatic heterocycles. The fraction of sp³-hybridized carbons (Fsp3) is 0.0769. The molecule has 0 saturated heterocycles. The fourth-order valence-corrected chi connectivity index (χ4v) is 2.63. The molecule has 0 fully saturated rings. The van der Waals surface area contributed by atoms with Crippen molar-refractivity contribution in [3.05, 3.63) is 42.6 Å². The van der Waals surface area contributed by atoms with Gasteiger partial charge in [-0.15, -0.1) is 0 Å². The van der Waals surface area contributed by atoms with Gasteiger partial charge in [-0.2, -0.15) is 8.78 Å². The van der Waals surface area contributed by atoms with Crippen LogP contribution < -0.4 is 5.73 Å². The Bertz CT molecular complexity index is 757. The molecule has 0 radical (unpaired) electrons. The summed E-state index contributed by atoms with van der Waals surface area (Å²) in [6.45, 7) is 0. The number of nitrogens with zero attached hydrogens (tertiary/aromatic N) is 3. The third-order valence-corrected chi connectivity index (χ3v) is 3.54. The van der Waals surface area contributed by atoms with E-state index in [-0.39, 0.29) is 5.95 Å². The molecule has 102 valence electrons. The predicted octanol–water partition coefficient (Wildman–Crippen LogP) is 3.32. The van der Waals surface area contributed by atoms with Crippen LogP contribution >= 0.6 is 11.8 Å². The zero-order chi connectivity index (χ0) is 14.1. The molecule has 0 amide bonds. The maximum Gasteiger partial charge on any atom is 0.288 e. The van der Waals surface area contributed by atoms with Crippen molar-refractivity contribution in [1.29, 1.82) is 0 Å². The highest BCUT2D eigenvalue weighted by Crippen LogP contribution is 2.33. The monoisotopic (exact) mass is 292 g/mol. The molecule has 0 spiro atoms. The first-order valence-electron chi connectivity index (χ1n) is 5.80. The molecule has 7 heteroatoms. The molecule has 0 saturated carbocycles. The second kappa shape index (κ2) is 5.09. The first-order chi connectivity index (χ1) is 9.66. The zero-order valence-corrected chi connectivity index (χ0v) is 11.0. The lowest BCUT2D eigenvalue weighted by atomic mass is 10.3. The van der Waals surface area contributed by atoms with Gasteiger partial charge in [-0.05, 0) is 24.3 Å². The number of alkyl halides is 2. The topological polar surface area (TPSA) is 56.7 Å². The van der Waals surface area contributed by atoms with Gasteiger partial charge in [0.15, 0.2) is 5.65 Å². The van der Waals surface area contributed by atoms with Gasteiger partial charge in [-0.3, -0.25) is 4.57 Å². The minimum Gasteiger partial charge on any atom is -0.369 e. The molecule has 2 heterocycles. The Balaban J connectivity index is 2.23. The summed E-state index contributed by atoms with van der Waals surface area (Å²) in [5.41, 5.74) is 7.63. The van der Waals surface area contributed by atoms with E-state index in [0.717, 1.165) is 0 Å². The van der Waals surface area contributed by atoms with Crippen LogP contribution in [0.1, 0.15) is 0 Å². The summed E-state index contributed by atoms with van der Waals surface area (Å²) < 4.78 is 26.9. The first kappa shape index (κ1) is 12.9. The van der Waals surface area contributed by atoms with Gasteiger partial charge in [0.05, 0.1) is 5.69 Å². The Morgan fingerprint density at radius 3 is 2.75 bits per heavy atom. The van der Waals surface area contributed by atoms with E-state index in [9.17, 15) is 8.78 Å². The van der Waals surface area contributed by atoms with Gasteiger partial charge in [0.25, 0.3) is 5.76 Å². The van der Waals surface area contributed by atoms with E-state index in [0.29, 0.717) is 33.5 Å². The number of aromatic nitrogens is 3. The van der Waals surface area contributed by atoms with E-state index in [1.54, 1.807) is 47.2 Å². The number of anilines is 1. The number of pyridine rings is 1. The van der Waals surface area contributed by atoms with Gasteiger partial charge < -0.3 is 5.73 Å². The third-order valence-electron chi connectivity index (χ3n) is 2.76. The number of thioether (sulfide) groups is 1. The number of nitrogens with two attached hydrogens (primary N) is 1. The van der Waals surface area contributed by atoms with Crippen molar-refractivity contribution in [2.75, 3.05) is 5.73 Å². The van der Waals surface area contributed by atoms with E-state index in [4.69, 9.17) is 5.73 Å². The van der Waals surface area contributed by atoms with E-state index >= 15 is 0 Å². The Hall–Kier alpha value is -2.15. The molecule has 3 aromatic rings. The second-order valence-corrected chi connectivity index (χ2v) is 5.03. The van der Waals surface area contributed by atoms with Crippen molar-refractivity contribution < 1.29 is 8.78 Å². The number of imidazole rings is 1. The number of para-hydroxylation sites is 1. The number of halogens is 2. The van der Waals surface area contributed by atoms with Crippen molar-refractivity contribution in [2.24, 2.45) is 0 Å². The highest BCUT2D eigenvalue weighted by Gasteiger charge is 2.16. The minimum absolute atomic E-state index is 0.223. The lowest BCUT2D eigenvalue weighted by Crippen LogP contribution is -2.03. The lowest BCUT2D eigenvalue weighted by Gasteiger charge is -2.11. The molecule has 20 heavy (non-hydrogen) atoms. The molecule has 1 aromatic carbocycles. The smallest absolute Gasteiger partial charge is 0.288 e. The van der Waals surface area contributed by atoms with Gasteiger partial charge in [0.2, 0.25) is 5.95 Å². The average molecular weight is 292 g/mol. The molecule has 2 N–H and O–H groups in total. The molecule has 4 nitrogen and oxygen atoms in total. The molecule has 0 unspecified atom stereocenters. The Labute approximate surface area is 117 Å². The van der Waals surface area contributed by atoms with Crippen LogP contribution in [-0.2, 0) is 0 Å². The van der Waals surface area contributed by atoms with Crippen molar-refractivity contribution in [3.8, 4) is 5.69 Å². The fourth-order valence-electron chi connectivity index (χ4n) is 2.00. The van der Waals surface area contributed by atoms with E-state index < -0.39 is 5.76 Å². The van der Waals surface area contributed by atoms with Gasteiger partial charge in [-0.25, -0.2) is 9.97 Å². The maximum atomic E-state index is 12.6. The SMILES string of the molecule is Nc1nc2cccnc2n1-c1ccccc1SC(F)F. The molecule has 0 bridgehead atoms. The third kappa shape index (κ3) is 2.20. The molecule has 0 aliphatic rings. The minimum atomic E-state index is -2.50. The van der Waals surface area contributed by atoms with Gasteiger partial charge in [0.1, 0.15) is 5.52 Å². The Morgan fingerprint density at radius 2 is 1.95 bits per heavy atom. The van der Waals surface area contributed by atoms with E-state index in [1.807, 2.05) is 0 Å². The van der Waals surface area contributed by atoms with Crippen LogP contribution in [0, 0.1) is 0 Å². The average Bonchev–Trinajstić information content (AvgIpc) is 2.75. The van der Waals surface area contributed by atoms with Crippen LogP contribution in [0.2, 0.25) is 0 Å². The van der Waals surface area contributed by atoms with Crippen molar-refractivity contribution >= 4 is 28.9 Å². The summed E-state index contributed by atoms with van der Waals surface area (Å²) in [6.07, 6.45) is 1.61. The van der Waals surface area contributed by atoms with E-state index in [1.165, 1.54) is 0 Å². The lowest BCUT2D eigenvalue weighted by molar-refractivity contribution is 0.252. The predicted molar refractivity (Wildman–Crippen MR) is 75.1 cm³/mol. The molecule has 0 atom stereocenters. The van der Waals surface area contributed by atoms with Crippen LogP contribution in [0.4, 0.5) is 14.7 Å². The molecule has 0 aliphatic heterocycles. The summed E-state index contributed by atoms with van der Waals surface area (Å²) >= 11 is 0.475. The van der Waals surface area contributed by atoms with Gasteiger partial charge in [-0.1, -0.05) is 23.9 Å². The Morgan fingerprint density at radius 1 is 1.15 bits per heavy atom. The number of rotatable bonds is 3. The van der Waals surface area contributed by atoms with Crippen LogP contribution in [-0.4, -0.2) is 20.3 Å². The highest BCUT2D eigenvalue weighted by molar-refractivity contribution is 7.99. The normalized spacial score (nSPS) is 11.3. The molecule has 3 rings (SSSR count). The molecular formula is C13H10F2N4S. The number of fused-ring (bicyclic) bond motifs is 1. The summed E-state index contributed by atoms with van der Waals surface area (Å²) in [4.78, 5) is 8.84. The number of nitrogen functional groups attached to an aromatic ring is 1. The summed E-state index contributed by atoms with van der Waals surface area (Å²) in [7, 11) is 0. The second-order valence-electron chi connectivity index (χ2n) is 4.00. The number of hydrogen-bond donors (Lipinski definition) is 1. The standard InChI is InChI=1S/C13H10F2N4S/c14-12(15)20-10-6-2-1-5-9(10)19-11-8(18-13(19)16)4-3-7-17-11/h1-7,12H,(H2,16,18). The van der Waals surface area contributed by atoms with Crippen LogP contribution in [0.25, 0.3) is 16.9 Å². The zero-order valence-electron chi connectivity index (χ0n) is 10.2. The van der Waals surface area contributed by atoms with Crippen molar-refractivity contribution in [1.82, 2.24) is 14.5 Å². The van der Waals surface area contributed by atoms with Crippen LogP contribution in [0.15, 0.2) is 47.5 Å². The summed E-state index contributed by atoms with van der Waals surface area (Å²) in [5.74, 6) is -2.28. The van der Waals surface area contributed by atoms with Crippen molar-refractivity contribution in [2.45, 2.75) is 10.7 Å². The first-order valence-corrected chi connectivity index (χ1v) is 6.68. The quantitative estimate of drug-likeness (QED) is 0.752. The van der Waals surface area contributed by atoms with Gasteiger partial charge in [0, 0.05) is 11.1 Å². The van der Waals surface area contributed by atoms with Crippen LogP contribution in [0.3, 0.4) is 0 Å². The summed E-state index contributed by atoms with van der Waals surface area (Å²) in [5, 5.41) is 0. The molecular weight excluding hydrogens is 282 g/mol. The Kier molecular flexibility index (Phi) is 3.27. The number of hydrogen-bond acceptors (Lipinski definition) is 4. The maximum absolute atomic E-state index is 12.6.